The van der Waals surface area contributed by atoms with Gasteiger partial charge in [0.05, 0.1) is 11.5 Å². The lowest BCUT2D eigenvalue weighted by molar-refractivity contribution is -0.138. The molecule has 2 rings (SSSR count). The number of hydrogen-bond donors (Lipinski definition) is 2. The number of nitrogens with one attached hydrogen (secondary N) is 1. The summed E-state index contributed by atoms with van der Waals surface area (Å²) in [6.07, 6.45) is -0.0799. The van der Waals surface area contributed by atoms with Gasteiger partial charge in [0.25, 0.3) is 0 Å². The zero-order valence-corrected chi connectivity index (χ0v) is 11.5. The van der Waals surface area contributed by atoms with Gasteiger partial charge < -0.3 is 10.4 Å². The Kier molecular flexibility index (Phi) is 4.88. The summed E-state index contributed by atoms with van der Waals surface area (Å²) in [7, 11) is 0. The van der Waals surface area contributed by atoms with Crippen LogP contribution in [0, 0.1) is 0 Å². The molecule has 0 bridgehead atoms. The zero-order chi connectivity index (χ0) is 15.5. The number of aliphatic carboxylic acids is 1. The molecule has 1 aromatic carbocycles. The number of carboxylic acid groups (broad SMARTS) is 1. The maximum Gasteiger partial charge on any atom is 0.416 e. The third-order valence-corrected chi connectivity index (χ3v) is 3.90. The normalized spacial score (nSPS) is 17.9. The van der Waals surface area contributed by atoms with Crippen molar-refractivity contribution in [1.82, 2.24) is 5.32 Å². The standard InChI is InChI=1S/C15H18F3NO2/c16-15(17,18)11-7-5-10(6-8-11)13(14(20)21)9-19-12-3-1-2-4-12/h5-8,12-13,19H,1-4,9H2,(H,20,21). The fraction of sp³-hybridized carbons (Fsp3) is 0.533. The Bertz CT molecular complexity index is 479. The maximum atomic E-state index is 12.5. The van der Waals surface area contributed by atoms with Gasteiger partial charge in [-0.1, -0.05) is 25.0 Å². The summed E-state index contributed by atoms with van der Waals surface area (Å²) in [6.45, 7) is 0.241. The van der Waals surface area contributed by atoms with Crippen molar-refractivity contribution < 1.29 is 23.1 Å². The van der Waals surface area contributed by atoms with Gasteiger partial charge >= 0.3 is 12.1 Å². The summed E-state index contributed by atoms with van der Waals surface area (Å²) in [6, 6.07) is 4.68. The molecule has 1 unspecified atom stereocenters. The van der Waals surface area contributed by atoms with Crippen molar-refractivity contribution in [2.75, 3.05) is 6.54 Å². The minimum absolute atomic E-state index is 0.241. The molecule has 21 heavy (non-hydrogen) atoms. The van der Waals surface area contributed by atoms with Crippen LogP contribution in [-0.2, 0) is 11.0 Å². The Labute approximate surface area is 121 Å². The van der Waals surface area contributed by atoms with Gasteiger partial charge in [-0.25, -0.2) is 0 Å². The van der Waals surface area contributed by atoms with E-state index in [-0.39, 0.29) is 6.54 Å². The summed E-state index contributed by atoms with van der Waals surface area (Å²) in [4.78, 5) is 11.3. The third-order valence-electron chi connectivity index (χ3n) is 3.90. The van der Waals surface area contributed by atoms with Crippen molar-refractivity contribution in [3.8, 4) is 0 Å². The minimum atomic E-state index is -4.40. The number of carbonyl (C=O) groups is 1. The molecule has 2 N–H and O–H groups in total. The molecule has 1 saturated carbocycles. The highest BCUT2D eigenvalue weighted by Gasteiger charge is 2.31. The van der Waals surface area contributed by atoms with Crippen LogP contribution in [-0.4, -0.2) is 23.7 Å². The molecule has 116 valence electrons. The van der Waals surface area contributed by atoms with Gasteiger partial charge in [-0.15, -0.1) is 0 Å². The molecule has 0 saturated heterocycles. The predicted octanol–water partition coefficient (Wildman–Crippen LogP) is 3.41. The molecule has 1 fully saturated rings. The molecule has 0 heterocycles. The van der Waals surface area contributed by atoms with Gasteiger partial charge in [-0.05, 0) is 30.5 Å². The van der Waals surface area contributed by atoms with Crippen LogP contribution in [0.2, 0.25) is 0 Å². The second-order valence-corrected chi connectivity index (χ2v) is 5.40. The molecule has 0 aliphatic heterocycles. The lowest BCUT2D eigenvalue weighted by Crippen LogP contribution is -2.33. The molecule has 0 radical (unpaired) electrons. The molecule has 3 nitrogen and oxygen atoms in total. The number of alkyl halides is 3. The monoisotopic (exact) mass is 301 g/mol. The zero-order valence-electron chi connectivity index (χ0n) is 11.5. The second kappa shape index (κ2) is 6.47. The van der Waals surface area contributed by atoms with E-state index in [0.717, 1.165) is 37.8 Å². The van der Waals surface area contributed by atoms with E-state index < -0.39 is 23.6 Å². The Morgan fingerprint density at radius 2 is 1.81 bits per heavy atom. The van der Waals surface area contributed by atoms with Gasteiger partial charge in [-0.3, -0.25) is 4.79 Å². The van der Waals surface area contributed by atoms with E-state index in [4.69, 9.17) is 0 Å². The Morgan fingerprint density at radius 3 is 2.29 bits per heavy atom. The summed E-state index contributed by atoms with van der Waals surface area (Å²) >= 11 is 0. The third kappa shape index (κ3) is 4.20. The van der Waals surface area contributed by atoms with Gasteiger partial charge in [0, 0.05) is 12.6 Å². The summed E-state index contributed by atoms with van der Waals surface area (Å²) in [5.74, 6) is -1.85. The molecule has 0 amide bonds. The molecule has 0 aromatic heterocycles. The fourth-order valence-electron chi connectivity index (χ4n) is 2.67. The van der Waals surface area contributed by atoms with E-state index in [1.807, 2.05) is 0 Å². The predicted molar refractivity (Wildman–Crippen MR) is 72.1 cm³/mol. The average Bonchev–Trinajstić information content (AvgIpc) is 2.91. The van der Waals surface area contributed by atoms with Gasteiger partial charge in [0.2, 0.25) is 0 Å². The molecule has 1 aliphatic rings. The summed E-state index contributed by atoms with van der Waals surface area (Å²) in [5.41, 5.74) is -0.375. The largest absolute Gasteiger partial charge is 0.481 e. The first kappa shape index (κ1) is 15.8. The molecule has 1 aliphatic carbocycles. The molecule has 1 aromatic rings. The molecule has 1 atom stereocenters. The Balaban J connectivity index is 2.05. The van der Waals surface area contributed by atoms with Crippen LogP contribution < -0.4 is 5.32 Å². The van der Waals surface area contributed by atoms with Crippen LogP contribution in [0.4, 0.5) is 13.2 Å². The highest BCUT2D eigenvalue weighted by atomic mass is 19.4. The van der Waals surface area contributed by atoms with Crippen LogP contribution in [0.15, 0.2) is 24.3 Å². The maximum absolute atomic E-state index is 12.5. The van der Waals surface area contributed by atoms with Gasteiger partial charge in [-0.2, -0.15) is 13.2 Å². The fourth-order valence-corrected chi connectivity index (χ4v) is 2.67. The number of rotatable bonds is 5. The van der Waals surface area contributed by atoms with Crippen molar-refractivity contribution in [2.45, 2.75) is 43.8 Å². The van der Waals surface area contributed by atoms with Crippen molar-refractivity contribution in [2.24, 2.45) is 0 Å². The Morgan fingerprint density at radius 1 is 1.24 bits per heavy atom. The first-order chi connectivity index (χ1) is 9.88. The average molecular weight is 301 g/mol. The SMILES string of the molecule is O=C(O)C(CNC1CCCC1)c1ccc(C(F)(F)F)cc1. The Hall–Kier alpha value is -1.56. The number of halogens is 3. The lowest BCUT2D eigenvalue weighted by atomic mass is 9.97. The molecular formula is C15H18F3NO2. The van der Waals surface area contributed by atoms with Crippen molar-refractivity contribution in [3.63, 3.8) is 0 Å². The highest BCUT2D eigenvalue weighted by Crippen LogP contribution is 2.30. The summed E-state index contributed by atoms with van der Waals surface area (Å²) in [5, 5.41) is 12.5. The first-order valence-corrected chi connectivity index (χ1v) is 7.01. The molecule has 6 heteroatoms. The number of hydrogen-bond acceptors (Lipinski definition) is 2. The lowest BCUT2D eigenvalue weighted by Gasteiger charge is -2.18. The molecule has 0 spiro atoms. The first-order valence-electron chi connectivity index (χ1n) is 7.01. The second-order valence-electron chi connectivity index (χ2n) is 5.40. The van der Waals surface area contributed by atoms with Crippen LogP contribution >= 0.6 is 0 Å². The van der Waals surface area contributed by atoms with Crippen LogP contribution in [0.5, 0.6) is 0 Å². The van der Waals surface area contributed by atoms with Crippen molar-refractivity contribution in [3.05, 3.63) is 35.4 Å². The topological polar surface area (TPSA) is 49.3 Å². The van der Waals surface area contributed by atoms with Gasteiger partial charge in [0.15, 0.2) is 0 Å². The van der Waals surface area contributed by atoms with E-state index in [1.54, 1.807) is 0 Å². The van der Waals surface area contributed by atoms with E-state index in [9.17, 15) is 23.1 Å². The summed E-state index contributed by atoms with van der Waals surface area (Å²) < 4.78 is 37.5. The van der Waals surface area contributed by atoms with E-state index in [0.29, 0.717) is 11.6 Å². The molecular weight excluding hydrogens is 283 g/mol. The van der Waals surface area contributed by atoms with Crippen LogP contribution in [0.3, 0.4) is 0 Å². The number of benzene rings is 1. The highest BCUT2D eigenvalue weighted by molar-refractivity contribution is 5.76. The van der Waals surface area contributed by atoms with Crippen LogP contribution in [0.25, 0.3) is 0 Å². The van der Waals surface area contributed by atoms with Crippen molar-refractivity contribution in [1.29, 1.82) is 0 Å². The van der Waals surface area contributed by atoms with E-state index in [2.05, 4.69) is 5.32 Å². The van der Waals surface area contributed by atoms with E-state index in [1.165, 1.54) is 12.1 Å². The van der Waals surface area contributed by atoms with E-state index >= 15 is 0 Å². The van der Waals surface area contributed by atoms with Crippen molar-refractivity contribution >= 4 is 5.97 Å². The van der Waals surface area contributed by atoms with Gasteiger partial charge in [0.1, 0.15) is 0 Å². The number of carboxylic acids is 1. The quantitative estimate of drug-likeness (QED) is 0.876. The van der Waals surface area contributed by atoms with Crippen LogP contribution in [0.1, 0.15) is 42.7 Å². The smallest absolute Gasteiger partial charge is 0.416 e. The minimum Gasteiger partial charge on any atom is -0.481 e.